The van der Waals surface area contributed by atoms with Crippen LogP contribution in [0.15, 0.2) is 54.6 Å². The topological polar surface area (TPSA) is 100 Å². The molecule has 4 rings (SSSR count). The summed E-state index contributed by atoms with van der Waals surface area (Å²) in [5.41, 5.74) is 4.53. The number of aryl methyl sites for hydroxylation is 2. The van der Waals surface area contributed by atoms with Crippen molar-refractivity contribution < 1.29 is 19.0 Å². The Labute approximate surface area is 215 Å². The van der Waals surface area contributed by atoms with Gasteiger partial charge >= 0.3 is 0 Å². The van der Waals surface area contributed by atoms with E-state index in [0.29, 0.717) is 40.5 Å². The first-order chi connectivity index (χ1) is 17.8. The first kappa shape index (κ1) is 25.4. The summed E-state index contributed by atoms with van der Waals surface area (Å²) in [5, 5.41) is 7.41. The molecule has 0 spiro atoms. The van der Waals surface area contributed by atoms with Crippen LogP contribution < -0.4 is 19.5 Å². The number of carbonyl (C=O) groups excluding carboxylic acids is 1. The monoisotopic (exact) mass is 499 g/mol. The van der Waals surface area contributed by atoms with Gasteiger partial charge in [0.15, 0.2) is 17.3 Å². The summed E-state index contributed by atoms with van der Waals surface area (Å²) in [6.07, 6.45) is 3.16. The van der Waals surface area contributed by atoms with Gasteiger partial charge in [0, 0.05) is 23.5 Å². The third kappa shape index (κ3) is 5.95. The largest absolute Gasteiger partial charge is 0.493 e. The molecule has 0 aliphatic carbocycles. The first-order valence-corrected chi connectivity index (χ1v) is 11.6. The Hall–Kier alpha value is -4.66. The van der Waals surface area contributed by atoms with Crippen molar-refractivity contribution in [2.45, 2.75) is 27.7 Å². The molecule has 9 nitrogen and oxygen atoms in total. The second kappa shape index (κ2) is 10.9. The molecular weight excluding hydrogens is 470 g/mol. The van der Waals surface area contributed by atoms with E-state index in [4.69, 9.17) is 14.2 Å². The average molecular weight is 500 g/mol. The molecule has 37 heavy (non-hydrogen) atoms. The molecule has 2 aromatic carbocycles. The Morgan fingerprint density at radius 3 is 2.30 bits per heavy atom. The maximum absolute atomic E-state index is 12.4. The summed E-state index contributed by atoms with van der Waals surface area (Å²) in [4.78, 5) is 21.3. The van der Waals surface area contributed by atoms with Gasteiger partial charge in [-0.05, 0) is 81.3 Å². The van der Waals surface area contributed by atoms with Crippen LogP contribution in [0.5, 0.6) is 23.1 Å². The van der Waals surface area contributed by atoms with Crippen molar-refractivity contribution in [3.8, 4) is 28.9 Å². The summed E-state index contributed by atoms with van der Waals surface area (Å²) in [5.74, 6) is 3.15. The SMILES string of the molecule is COc1ccc(/C=C/C(=O)Nc2ccc(Oc3cc(-n4nc(C)c(C)c4C)nc(C)n3)cc2)cc1OC. The van der Waals surface area contributed by atoms with Crippen LogP contribution in [0.3, 0.4) is 0 Å². The molecule has 0 saturated carbocycles. The van der Waals surface area contributed by atoms with Crippen LogP contribution in [0.25, 0.3) is 11.9 Å². The van der Waals surface area contributed by atoms with E-state index < -0.39 is 0 Å². The Morgan fingerprint density at radius 1 is 0.919 bits per heavy atom. The van der Waals surface area contributed by atoms with E-state index in [1.807, 2.05) is 33.8 Å². The molecule has 4 aromatic rings. The lowest BCUT2D eigenvalue weighted by molar-refractivity contribution is -0.111. The van der Waals surface area contributed by atoms with Gasteiger partial charge in [0.25, 0.3) is 0 Å². The van der Waals surface area contributed by atoms with Gasteiger partial charge in [-0.1, -0.05) is 6.07 Å². The normalized spacial score (nSPS) is 11.0. The van der Waals surface area contributed by atoms with E-state index in [0.717, 1.165) is 22.5 Å². The molecule has 2 heterocycles. The van der Waals surface area contributed by atoms with Gasteiger partial charge in [0.1, 0.15) is 11.6 Å². The standard InChI is InChI=1S/C28H29N5O4/c1-17-18(2)32-33(19(17)3)26-16-28(30-20(4)29-26)37-23-11-9-22(10-12-23)31-27(34)14-8-21-7-13-24(35-5)25(15-21)36-6/h7-16H,1-6H3,(H,31,34)/b14-8+. The van der Waals surface area contributed by atoms with Crippen molar-refractivity contribution >= 4 is 17.7 Å². The van der Waals surface area contributed by atoms with Crippen LogP contribution >= 0.6 is 0 Å². The summed E-state index contributed by atoms with van der Waals surface area (Å²) >= 11 is 0. The number of nitrogens with zero attached hydrogens (tertiary/aromatic N) is 4. The molecule has 0 aliphatic heterocycles. The predicted octanol–water partition coefficient (Wildman–Crippen LogP) is 5.36. The number of hydrogen-bond acceptors (Lipinski definition) is 7. The molecule has 0 fully saturated rings. The fourth-order valence-electron chi connectivity index (χ4n) is 3.67. The summed E-state index contributed by atoms with van der Waals surface area (Å²) < 4.78 is 18.3. The molecule has 9 heteroatoms. The number of nitrogens with one attached hydrogen (secondary N) is 1. The first-order valence-electron chi connectivity index (χ1n) is 11.6. The quantitative estimate of drug-likeness (QED) is 0.326. The Bertz CT molecular complexity index is 1460. The number of anilines is 1. The van der Waals surface area contributed by atoms with Crippen LogP contribution in [0.1, 0.15) is 28.3 Å². The highest BCUT2D eigenvalue weighted by molar-refractivity contribution is 6.02. The van der Waals surface area contributed by atoms with Gasteiger partial charge in [-0.15, -0.1) is 0 Å². The summed E-state index contributed by atoms with van der Waals surface area (Å²) in [6.45, 7) is 7.81. The molecule has 1 amide bonds. The Kier molecular flexibility index (Phi) is 7.52. The highest BCUT2D eigenvalue weighted by Gasteiger charge is 2.13. The van der Waals surface area contributed by atoms with E-state index in [2.05, 4.69) is 20.4 Å². The van der Waals surface area contributed by atoms with Gasteiger partial charge < -0.3 is 19.5 Å². The van der Waals surface area contributed by atoms with Crippen molar-refractivity contribution in [2.75, 3.05) is 19.5 Å². The van der Waals surface area contributed by atoms with Gasteiger partial charge in [-0.3, -0.25) is 4.79 Å². The van der Waals surface area contributed by atoms with Crippen molar-refractivity contribution in [3.05, 3.63) is 82.9 Å². The number of hydrogen-bond donors (Lipinski definition) is 1. The third-order valence-corrected chi connectivity index (χ3v) is 5.85. The van der Waals surface area contributed by atoms with E-state index in [1.54, 1.807) is 67.4 Å². The van der Waals surface area contributed by atoms with E-state index in [-0.39, 0.29) is 5.91 Å². The fraction of sp³-hybridized carbons (Fsp3) is 0.214. The van der Waals surface area contributed by atoms with Crippen LogP contribution in [0.4, 0.5) is 5.69 Å². The molecule has 2 aromatic heterocycles. The summed E-state index contributed by atoms with van der Waals surface area (Å²) in [6, 6.07) is 14.2. The maximum Gasteiger partial charge on any atom is 0.248 e. The van der Waals surface area contributed by atoms with Crippen LogP contribution in [-0.4, -0.2) is 39.9 Å². The Balaban J connectivity index is 1.42. The number of aromatic nitrogens is 4. The second-order valence-corrected chi connectivity index (χ2v) is 8.38. The van der Waals surface area contributed by atoms with E-state index >= 15 is 0 Å². The zero-order valence-corrected chi connectivity index (χ0v) is 21.7. The predicted molar refractivity (Wildman–Crippen MR) is 142 cm³/mol. The van der Waals surface area contributed by atoms with Crippen LogP contribution in [-0.2, 0) is 4.79 Å². The van der Waals surface area contributed by atoms with E-state index in [9.17, 15) is 4.79 Å². The molecular formula is C28H29N5O4. The molecule has 0 radical (unpaired) electrons. The summed E-state index contributed by atoms with van der Waals surface area (Å²) in [7, 11) is 3.14. The number of carbonyl (C=O) groups is 1. The van der Waals surface area contributed by atoms with Gasteiger partial charge in [-0.25, -0.2) is 9.67 Å². The fourth-order valence-corrected chi connectivity index (χ4v) is 3.67. The molecule has 1 N–H and O–H groups in total. The van der Waals surface area contributed by atoms with Crippen molar-refractivity contribution in [3.63, 3.8) is 0 Å². The van der Waals surface area contributed by atoms with Gasteiger partial charge in [0.2, 0.25) is 11.8 Å². The number of amides is 1. The number of benzene rings is 2. The number of rotatable bonds is 8. The lowest BCUT2D eigenvalue weighted by atomic mass is 10.2. The minimum atomic E-state index is -0.264. The van der Waals surface area contributed by atoms with E-state index in [1.165, 1.54) is 6.08 Å². The molecule has 0 unspecified atom stereocenters. The molecule has 190 valence electrons. The zero-order chi connectivity index (χ0) is 26.5. The van der Waals surface area contributed by atoms with Crippen molar-refractivity contribution in [1.29, 1.82) is 0 Å². The second-order valence-electron chi connectivity index (χ2n) is 8.38. The lowest BCUT2D eigenvalue weighted by Gasteiger charge is -2.10. The lowest BCUT2D eigenvalue weighted by Crippen LogP contribution is -2.07. The third-order valence-electron chi connectivity index (χ3n) is 5.85. The molecule has 0 saturated heterocycles. The van der Waals surface area contributed by atoms with Crippen LogP contribution in [0.2, 0.25) is 0 Å². The van der Waals surface area contributed by atoms with Gasteiger partial charge in [0.05, 0.1) is 19.9 Å². The molecule has 0 aliphatic rings. The smallest absolute Gasteiger partial charge is 0.248 e. The maximum atomic E-state index is 12.4. The highest BCUT2D eigenvalue weighted by Crippen LogP contribution is 2.28. The molecule has 0 bridgehead atoms. The Morgan fingerprint density at radius 2 is 1.65 bits per heavy atom. The minimum Gasteiger partial charge on any atom is -0.493 e. The highest BCUT2D eigenvalue weighted by atomic mass is 16.5. The van der Waals surface area contributed by atoms with Crippen molar-refractivity contribution in [2.24, 2.45) is 0 Å². The number of methoxy groups -OCH3 is 2. The van der Waals surface area contributed by atoms with Crippen LogP contribution in [0, 0.1) is 27.7 Å². The average Bonchev–Trinajstić information content (AvgIpc) is 3.15. The zero-order valence-electron chi connectivity index (χ0n) is 21.7. The van der Waals surface area contributed by atoms with Crippen molar-refractivity contribution in [1.82, 2.24) is 19.7 Å². The van der Waals surface area contributed by atoms with Gasteiger partial charge in [-0.2, -0.15) is 10.1 Å². The number of ether oxygens (including phenoxy) is 3. The minimum absolute atomic E-state index is 0.264. The molecule has 0 atom stereocenters.